The lowest BCUT2D eigenvalue weighted by Gasteiger charge is -2.10. The molecule has 3 rings (SSSR count). The van der Waals surface area contributed by atoms with E-state index in [0.717, 1.165) is 16.9 Å². The molecule has 114 valence electrons. The van der Waals surface area contributed by atoms with E-state index < -0.39 is 0 Å². The van der Waals surface area contributed by atoms with Crippen molar-refractivity contribution in [2.24, 2.45) is 5.92 Å². The third-order valence-corrected chi connectivity index (χ3v) is 3.94. The predicted octanol–water partition coefficient (Wildman–Crippen LogP) is 2.97. The van der Waals surface area contributed by atoms with Crippen LogP contribution in [0.15, 0.2) is 42.5 Å². The summed E-state index contributed by atoms with van der Waals surface area (Å²) in [7, 11) is 1.57. The molecule has 0 aliphatic heterocycles. The first-order valence-electron chi connectivity index (χ1n) is 7.25. The fourth-order valence-electron chi connectivity index (χ4n) is 2.94. The van der Waals surface area contributed by atoms with Crippen molar-refractivity contribution >= 4 is 5.78 Å². The first-order chi connectivity index (χ1) is 10.7. The van der Waals surface area contributed by atoms with Gasteiger partial charge in [0.25, 0.3) is 0 Å². The summed E-state index contributed by atoms with van der Waals surface area (Å²) in [5, 5.41) is 9.87. The monoisotopic (exact) mass is 298 g/mol. The second-order valence-corrected chi connectivity index (χ2v) is 5.48. The van der Waals surface area contributed by atoms with Gasteiger partial charge >= 0.3 is 0 Å². The third kappa shape index (κ3) is 2.83. The molecule has 4 heteroatoms. The summed E-state index contributed by atoms with van der Waals surface area (Å²) in [6.45, 7) is 0.200. The molecule has 2 aromatic rings. The fourth-order valence-corrected chi connectivity index (χ4v) is 2.94. The number of ketones is 1. The molecule has 0 bridgehead atoms. The summed E-state index contributed by atoms with van der Waals surface area (Å²) in [6.07, 6.45) is 1.31. The number of fused-ring (bicyclic) bond motifs is 1. The molecule has 0 fully saturated rings. The van der Waals surface area contributed by atoms with Gasteiger partial charge in [0.1, 0.15) is 11.5 Å². The van der Waals surface area contributed by atoms with Crippen LogP contribution in [-0.4, -0.2) is 24.8 Å². The number of Topliss-reactive ketones (excluding diaryl/α,β-unsaturated/α-hetero) is 1. The summed E-state index contributed by atoms with van der Waals surface area (Å²) < 4.78 is 10.3. The number of phenols is 1. The van der Waals surface area contributed by atoms with Crippen LogP contribution in [0.4, 0.5) is 0 Å². The van der Waals surface area contributed by atoms with E-state index in [1.54, 1.807) is 19.2 Å². The number of hydrogen-bond donors (Lipinski definition) is 1. The minimum absolute atomic E-state index is 0.0244. The van der Waals surface area contributed by atoms with Gasteiger partial charge in [-0.05, 0) is 42.2 Å². The Balaban J connectivity index is 1.75. The standard InChI is InChI=1S/C18H18O4/c1-21-11-22-15-6-2-4-12(9-15)8-14-10-13-5-3-7-16(19)17(13)18(14)20/h2-7,9,14,19H,8,10-11H2,1H3. The molecule has 0 saturated heterocycles. The zero-order valence-corrected chi connectivity index (χ0v) is 12.4. The van der Waals surface area contributed by atoms with Gasteiger partial charge in [0.05, 0.1) is 5.56 Å². The summed E-state index contributed by atoms with van der Waals surface area (Å²) in [4.78, 5) is 12.5. The largest absolute Gasteiger partial charge is 0.507 e. The molecule has 4 nitrogen and oxygen atoms in total. The van der Waals surface area contributed by atoms with Crippen LogP contribution in [0.1, 0.15) is 21.5 Å². The van der Waals surface area contributed by atoms with Crippen LogP contribution in [-0.2, 0) is 17.6 Å². The molecule has 2 aromatic carbocycles. The Hall–Kier alpha value is -2.33. The normalized spacial score (nSPS) is 16.6. The summed E-state index contributed by atoms with van der Waals surface area (Å²) in [6, 6.07) is 12.9. The number of aromatic hydroxyl groups is 1. The zero-order valence-electron chi connectivity index (χ0n) is 12.4. The first kappa shape index (κ1) is 14.6. The maximum absolute atomic E-state index is 12.5. The quantitative estimate of drug-likeness (QED) is 0.862. The number of hydrogen-bond acceptors (Lipinski definition) is 4. The lowest BCUT2D eigenvalue weighted by atomic mass is 9.95. The molecular formula is C18H18O4. The smallest absolute Gasteiger partial charge is 0.188 e. The van der Waals surface area contributed by atoms with Crippen LogP contribution in [0, 0.1) is 5.92 Å². The number of phenolic OH excluding ortho intramolecular Hbond substituents is 1. The van der Waals surface area contributed by atoms with E-state index in [1.807, 2.05) is 30.3 Å². The van der Waals surface area contributed by atoms with Gasteiger partial charge in [-0.25, -0.2) is 0 Å². The Morgan fingerprint density at radius 3 is 2.82 bits per heavy atom. The topological polar surface area (TPSA) is 55.8 Å². The van der Waals surface area contributed by atoms with E-state index in [2.05, 4.69) is 0 Å². The lowest BCUT2D eigenvalue weighted by molar-refractivity contribution is 0.0510. The highest BCUT2D eigenvalue weighted by molar-refractivity contribution is 6.04. The molecule has 1 aliphatic carbocycles. The Morgan fingerprint density at radius 2 is 2.05 bits per heavy atom. The minimum Gasteiger partial charge on any atom is -0.507 e. The Labute approximate surface area is 129 Å². The van der Waals surface area contributed by atoms with Crippen molar-refractivity contribution in [3.63, 3.8) is 0 Å². The van der Waals surface area contributed by atoms with Crippen molar-refractivity contribution < 1.29 is 19.4 Å². The Morgan fingerprint density at radius 1 is 1.23 bits per heavy atom. The molecule has 1 atom stereocenters. The number of benzene rings is 2. The molecule has 0 aromatic heterocycles. The molecule has 22 heavy (non-hydrogen) atoms. The number of methoxy groups -OCH3 is 1. The second-order valence-electron chi connectivity index (χ2n) is 5.48. The number of rotatable bonds is 5. The van der Waals surface area contributed by atoms with Crippen molar-refractivity contribution in [3.8, 4) is 11.5 Å². The van der Waals surface area contributed by atoms with Crippen LogP contribution in [0.3, 0.4) is 0 Å². The molecule has 0 radical (unpaired) electrons. The zero-order chi connectivity index (χ0) is 15.5. The van der Waals surface area contributed by atoms with Crippen LogP contribution >= 0.6 is 0 Å². The first-order valence-corrected chi connectivity index (χ1v) is 7.25. The summed E-state index contributed by atoms with van der Waals surface area (Å²) in [5.74, 6) is 0.713. The molecule has 1 aliphatic rings. The van der Waals surface area contributed by atoms with Gasteiger partial charge in [0.15, 0.2) is 12.6 Å². The fraction of sp³-hybridized carbons (Fsp3) is 0.278. The molecule has 0 saturated carbocycles. The van der Waals surface area contributed by atoms with Crippen molar-refractivity contribution in [3.05, 3.63) is 59.2 Å². The minimum atomic E-state index is -0.124. The highest BCUT2D eigenvalue weighted by Gasteiger charge is 2.32. The average molecular weight is 298 g/mol. The molecule has 0 heterocycles. The maximum atomic E-state index is 12.5. The summed E-state index contributed by atoms with van der Waals surface area (Å²) >= 11 is 0. The second kappa shape index (κ2) is 6.20. The third-order valence-electron chi connectivity index (χ3n) is 3.94. The summed E-state index contributed by atoms with van der Waals surface area (Å²) in [5.41, 5.74) is 2.46. The van der Waals surface area contributed by atoms with Gasteiger partial charge in [-0.1, -0.05) is 24.3 Å². The van der Waals surface area contributed by atoms with Crippen molar-refractivity contribution in [2.75, 3.05) is 13.9 Å². The lowest BCUT2D eigenvalue weighted by Crippen LogP contribution is -2.12. The molecule has 0 spiro atoms. The van der Waals surface area contributed by atoms with Gasteiger partial charge in [-0.15, -0.1) is 0 Å². The van der Waals surface area contributed by atoms with Crippen LogP contribution in [0.25, 0.3) is 0 Å². The van der Waals surface area contributed by atoms with Crippen molar-refractivity contribution in [1.82, 2.24) is 0 Å². The van der Waals surface area contributed by atoms with Gasteiger partial charge < -0.3 is 14.6 Å². The predicted molar refractivity (Wildman–Crippen MR) is 82.3 cm³/mol. The van der Waals surface area contributed by atoms with Crippen LogP contribution < -0.4 is 4.74 Å². The van der Waals surface area contributed by atoms with E-state index in [4.69, 9.17) is 9.47 Å². The van der Waals surface area contributed by atoms with Crippen LogP contribution in [0.5, 0.6) is 11.5 Å². The van der Waals surface area contributed by atoms with Crippen molar-refractivity contribution in [2.45, 2.75) is 12.8 Å². The van der Waals surface area contributed by atoms with Crippen molar-refractivity contribution in [1.29, 1.82) is 0 Å². The Bertz CT molecular complexity index is 693. The Kier molecular flexibility index (Phi) is 4.11. The van der Waals surface area contributed by atoms with Gasteiger partial charge in [0, 0.05) is 13.0 Å². The molecular weight excluding hydrogens is 280 g/mol. The number of carbonyl (C=O) groups excluding carboxylic acids is 1. The maximum Gasteiger partial charge on any atom is 0.188 e. The van der Waals surface area contributed by atoms with E-state index >= 15 is 0 Å². The highest BCUT2D eigenvalue weighted by atomic mass is 16.7. The van der Waals surface area contributed by atoms with Gasteiger partial charge in [0.2, 0.25) is 0 Å². The SMILES string of the molecule is COCOc1cccc(CC2Cc3cccc(O)c3C2=O)c1. The number of carbonyl (C=O) groups is 1. The van der Waals surface area contributed by atoms with Gasteiger partial charge in [-0.2, -0.15) is 0 Å². The van der Waals surface area contributed by atoms with E-state index in [1.165, 1.54) is 0 Å². The van der Waals surface area contributed by atoms with E-state index in [-0.39, 0.29) is 24.2 Å². The van der Waals surface area contributed by atoms with Crippen LogP contribution in [0.2, 0.25) is 0 Å². The van der Waals surface area contributed by atoms with Gasteiger partial charge in [-0.3, -0.25) is 4.79 Å². The van der Waals surface area contributed by atoms with E-state index in [0.29, 0.717) is 18.4 Å². The highest BCUT2D eigenvalue weighted by Crippen LogP contribution is 2.34. The molecule has 1 unspecified atom stereocenters. The van der Waals surface area contributed by atoms with E-state index in [9.17, 15) is 9.90 Å². The molecule has 0 amide bonds. The number of ether oxygens (including phenoxy) is 2. The average Bonchev–Trinajstić information content (AvgIpc) is 2.83. The molecule has 1 N–H and O–H groups in total.